The van der Waals surface area contributed by atoms with Crippen LogP contribution in [-0.4, -0.2) is 29.9 Å². The summed E-state index contributed by atoms with van der Waals surface area (Å²) in [5.41, 5.74) is 1.14. The molecule has 4 aromatic carbocycles. The van der Waals surface area contributed by atoms with Gasteiger partial charge in [0.05, 0.1) is 11.8 Å². The molecular weight excluding hydrogens is 429 g/mol. The highest BCUT2D eigenvalue weighted by atomic mass is 31.2. The summed E-state index contributed by atoms with van der Waals surface area (Å²) in [5, 5.41) is 1.37. The second-order valence-electron chi connectivity index (χ2n) is 7.80. The monoisotopic (exact) mass is 453 g/mol. The maximum absolute atomic E-state index is 14.3. The number of nitrogens with zero attached hydrogens (tertiary/aromatic N) is 1. The summed E-state index contributed by atoms with van der Waals surface area (Å²) in [4.78, 5) is 28.0. The van der Waals surface area contributed by atoms with E-state index in [1.54, 1.807) is 55.6 Å². The second kappa shape index (κ2) is 9.81. The number of hydrogen-bond donors (Lipinski definition) is 0. The average Bonchev–Trinajstić information content (AvgIpc) is 2.89. The van der Waals surface area contributed by atoms with Gasteiger partial charge in [0, 0.05) is 28.8 Å². The van der Waals surface area contributed by atoms with E-state index in [1.807, 2.05) is 66.7 Å². The Morgan fingerprint density at radius 2 is 1.06 bits per heavy atom. The van der Waals surface area contributed by atoms with Gasteiger partial charge in [-0.05, 0) is 6.07 Å². The van der Waals surface area contributed by atoms with Crippen LogP contribution in [0.5, 0.6) is 0 Å². The first-order chi connectivity index (χ1) is 16.0. The molecule has 0 aliphatic carbocycles. The zero-order valence-corrected chi connectivity index (χ0v) is 19.2. The van der Waals surface area contributed by atoms with Crippen LogP contribution >= 0.6 is 7.14 Å². The Labute approximate surface area is 193 Å². The largest absolute Gasteiger partial charge is 0.334 e. The molecule has 0 saturated carbocycles. The number of amides is 1. The van der Waals surface area contributed by atoms with Crippen LogP contribution in [0.2, 0.25) is 0 Å². The number of carbonyl (C=O) groups excluding carboxylic acids is 2. The molecular formula is C28H24NO3P. The summed E-state index contributed by atoms with van der Waals surface area (Å²) < 4.78 is 14.3. The highest BCUT2D eigenvalue weighted by Gasteiger charge is 2.31. The van der Waals surface area contributed by atoms with Gasteiger partial charge in [0.25, 0.3) is 5.91 Å². The van der Waals surface area contributed by atoms with Crippen LogP contribution in [0.25, 0.3) is 0 Å². The van der Waals surface area contributed by atoms with E-state index >= 15 is 0 Å². The third kappa shape index (κ3) is 4.72. The Morgan fingerprint density at radius 1 is 0.636 bits per heavy atom. The summed E-state index contributed by atoms with van der Waals surface area (Å²) in [6.07, 6.45) is 0.0215. The van der Waals surface area contributed by atoms with Gasteiger partial charge in [-0.15, -0.1) is 0 Å². The maximum Gasteiger partial charge on any atom is 0.254 e. The quantitative estimate of drug-likeness (QED) is 0.294. The lowest BCUT2D eigenvalue weighted by Gasteiger charge is -2.26. The Bertz CT molecular complexity index is 1260. The Kier molecular flexibility index (Phi) is 6.67. The van der Waals surface area contributed by atoms with Crippen LogP contribution in [0.3, 0.4) is 0 Å². The summed E-state index contributed by atoms with van der Waals surface area (Å²) >= 11 is 0. The molecule has 0 aliphatic rings. The molecule has 0 aliphatic heterocycles. The molecule has 0 unspecified atom stereocenters. The van der Waals surface area contributed by atoms with Gasteiger partial charge >= 0.3 is 0 Å². The van der Waals surface area contributed by atoms with Crippen molar-refractivity contribution in [1.82, 2.24) is 4.90 Å². The Morgan fingerprint density at radius 3 is 1.58 bits per heavy atom. The van der Waals surface area contributed by atoms with Crippen LogP contribution in [-0.2, 0) is 4.57 Å². The predicted octanol–water partition coefficient (Wildman–Crippen LogP) is 4.96. The molecule has 0 atom stereocenters. The first kappa shape index (κ1) is 22.4. The van der Waals surface area contributed by atoms with E-state index in [2.05, 4.69) is 0 Å². The SMILES string of the molecule is CN(CP(=O)(c1ccccc1)c1ccccc1)C(=O)c1ccccc1C(=O)c1ccccc1. The molecule has 4 nitrogen and oxygen atoms in total. The fraction of sp³-hybridized carbons (Fsp3) is 0.0714. The molecule has 4 aromatic rings. The molecule has 0 spiro atoms. The van der Waals surface area contributed by atoms with Crippen molar-refractivity contribution >= 4 is 29.4 Å². The molecule has 0 heterocycles. The lowest BCUT2D eigenvalue weighted by atomic mass is 9.98. The normalized spacial score (nSPS) is 11.1. The minimum Gasteiger partial charge on any atom is -0.334 e. The number of carbonyl (C=O) groups is 2. The van der Waals surface area contributed by atoms with Crippen molar-refractivity contribution in [3.05, 3.63) is 132 Å². The van der Waals surface area contributed by atoms with E-state index < -0.39 is 7.14 Å². The van der Waals surface area contributed by atoms with Crippen LogP contribution < -0.4 is 10.6 Å². The van der Waals surface area contributed by atoms with E-state index in [0.717, 1.165) is 0 Å². The fourth-order valence-corrected chi connectivity index (χ4v) is 6.49. The van der Waals surface area contributed by atoms with Crippen LogP contribution in [0.4, 0.5) is 0 Å². The summed E-state index contributed by atoms with van der Waals surface area (Å²) in [7, 11) is -1.50. The summed E-state index contributed by atoms with van der Waals surface area (Å²) in [6, 6.07) is 34.1. The maximum atomic E-state index is 14.3. The lowest BCUT2D eigenvalue weighted by molar-refractivity contribution is 0.0812. The molecule has 33 heavy (non-hydrogen) atoms. The fourth-order valence-electron chi connectivity index (χ4n) is 3.83. The zero-order chi connectivity index (χ0) is 23.3. The average molecular weight is 453 g/mol. The molecule has 164 valence electrons. The minimum absolute atomic E-state index is 0.0215. The third-order valence-electron chi connectivity index (χ3n) is 5.54. The van der Waals surface area contributed by atoms with E-state index in [1.165, 1.54) is 4.90 Å². The number of rotatable bonds is 7. The molecule has 1 amide bonds. The van der Waals surface area contributed by atoms with Crippen molar-refractivity contribution in [1.29, 1.82) is 0 Å². The van der Waals surface area contributed by atoms with E-state index in [0.29, 0.717) is 27.3 Å². The smallest absolute Gasteiger partial charge is 0.254 e. The summed E-state index contributed by atoms with van der Waals surface area (Å²) in [5.74, 6) is -0.566. The standard InChI is InChI=1S/C28H24NO3P/c1-29(21-33(32,23-15-7-3-8-16-23)24-17-9-4-10-18-24)28(31)26-20-12-11-19-25(26)27(30)22-13-5-2-6-14-22/h2-20H,21H2,1H3. The second-order valence-corrected chi connectivity index (χ2v) is 10.6. The molecule has 0 radical (unpaired) electrons. The van der Waals surface area contributed by atoms with Crippen LogP contribution in [0.15, 0.2) is 115 Å². The molecule has 0 bridgehead atoms. The number of hydrogen-bond acceptors (Lipinski definition) is 3. The van der Waals surface area contributed by atoms with Gasteiger partial charge in [-0.1, -0.05) is 109 Å². The molecule has 0 aromatic heterocycles. The molecule has 0 N–H and O–H groups in total. The van der Waals surface area contributed by atoms with Crippen molar-refractivity contribution in [2.75, 3.05) is 13.3 Å². The van der Waals surface area contributed by atoms with Crippen molar-refractivity contribution in [3.63, 3.8) is 0 Å². The van der Waals surface area contributed by atoms with Crippen LogP contribution in [0, 0.1) is 0 Å². The topological polar surface area (TPSA) is 54.5 Å². The highest BCUT2D eigenvalue weighted by molar-refractivity contribution is 7.78. The van der Waals surface area contributed by atoms with E-state index in [-0.39, 0.29) is 18.0 Å². The highest BCUT2D eigenvalue weighted by Crippen LogP contribution is 2.43. The summed E-state index contributed by atoms with van der Waals surface area (Å²) in [6.45, 7) is 0. The molecule has 0 saturated heterocycles. The van der Waals surface area contributed by atoms with Crippen LogP contribution in [0.1, 0.15) is 26.3 Å². The molecule has 4 rings (SSSR count). The van der Waals surface area contributed by atoms with Crippen molar-refractivity contribution < 1.29 is 14.2 Å². The van der Waals surface area contributed by atoms with Gasteiger partial charge in [-0.3, -0.25) is 9.59 Å². The van der Waals surface area contributed by atoms with Crippen molar-refractivity contribution in [2.45, 2.75) is 0 Å². The lowest BCUT2D eigenvalue weighted by Crippen LogP contribution is -2.33. The van der Waals surface area contributed by atoms with Crippen molar-refractivity contribution in [3.8, 4) is 0 Å². The first-order valence-corrected chi connectivity index (χ1v) is 12.5. The minimum atomic E-state index is -3.13. The Balaban J connectivity index is 1.69. The van der Waals surface area contributed by atoms with Gasteiger partial charge in [-0.25, -0.2) is 0 Å². The van der Waals surface area contributed by atoms with Gasteiger partial charge in [-0.2, -0.15) is 0 Å². The van der Waals surface area contributed by atoms with Gasteiger partial charge in [0.15, 0.2) is 12.9 Å². The molecule has 5 heteroatoms. The predicted molar refractivity (Wildman–Crippen MR) is 133 cm³/mol. The van der Waals surface area contributed by atoms with E-state index in [4.69, 9.17) is 0 Å². The van der Waals surface area contributed by atoms with Gasteiger partial charge in [0.2, 0.25) is 0 Å². The van der Waals surface area contributed by atoms with E-state index in [9.17, 15) is 14.2 Å². The first-order valence-electron chi connectivity index (χ1n) is 10.7. The molecule has 0 fully saturated rings. The van der Waals surface area contributed by atoms with Gasteiger partial charge in [0.1, 0.15) is 0 Å². The van der Waals surface area contributed by atoms with Gasteiger partial charge < -0.3 is 9.46 Å². The third-order valence-corrected chi connectivity index (χ3v) is 8.63. The van der Waals surface area contributed by atoms with Crippen molar-refractivity contribution in [2.24, 2.45) is 0 Å². The zero-order valence-electron chi connectivity index (χ0n) is 18.3. The number of benzene rings is 4. The number of ketones is 1. The Hall–Kier alpha value is -3.75.